The van der Waals surface area contributed by atoms with Crippen LogP contribution in [0, 0.1) is 17.8 Å². The lowest BCUT2D eigenvalue weighted by atomic mass is 9.60. The van der Waals surface area contributed by atoms with Crippen LogP contribution in [0.5, 0.6) is 0 Å². The van der Waals surface area contributed by atoms with E-state index < -0.39 is 29.0 Å². The number of allylic oxidation sites excluding steroid dienone is 1. The smallest absolute Gasteiger partial charge is 0.350 e. The molecule has 4 aliphatic rings. The third-order valence-electron chi connectivity index (χ3n) is 8.87. The molecule has 4 rings (SSSR count). The molecular formula is C27H43N3O7. The van der Waals surface area contributed by atoms with Crippen LogP contribution in [0.15, 0.2) is 11.1 Å². The SMILES string of the molecule is CNCNC1CC(CCC(C)=C(CO)CC23OC2(C(=O)OCCO)C(=O)C2CCCCC2C3=O)CCN1. The molecule has 2 saturated heterocycles. The summed E-state index contributed by atoms with van der Waals surface area (Å²) in [6.07, 6.45) is 6.91. The number of nitrogens with one attached hydrogen (secondary N) is 3. The van der Waals surface area contributed by atoms with E-state index in [1.807, 2.05) is 14.0 Å². The first kappa shape index (κ1) is 28.3. The van der Waals surface area contributed by atoms with Gasteiger partial charge in [0.05, 0.1) is 19.4 Å². The zero-order valence-corrected chi connectivity index (χ0v) is 22.1. The summed E-state index contributed by atoms with van der Waals surface area (Å²) in [5.41, 5.74) is -1.97. The van der Waals surface area contributed by atoms with Crippen molar-refractivity contribution in [3.63, 3.8) is 0 Å². The largest absolute Gasteiger partial charge is 0.461 e. The van der Waals surface area contributed by atoms with Crippen molar-refractivity contribution in [1.82, 2.24) is 16.0 Å². The molecule has 10 heteroatoms. The van der Waals surface area contributed by atoms with E-state index in [-0.39, 0.29) is 44.0 Å². The van der Waals surface area contributed by atoms with Crippen LogP contribution >= 0.6 is 0 Å². The van der Waals surface area contributed by atoms with Gasteiger partial charge in [-0.1, -0.05) is 18.4 Å². The highest BCUT2D eigenvalue weighted by atomic mass is 16.7. The highest BCUT2D eigenvalue weighted by molar-refractivity contribution is 6.23. The topological polar surface area (TPSA) is 150 Å². The van der Waals surface area contributed by atoms with Crippen molar-refractivity contribution in [2.45, 2.75) is 82.1 Å². The van der Waals surface area contributed by atoms with Gasteiger partial charge in [-0.15, -0.1) is 0 Å². The van der Waals surface area contributed by atoms with Gasteiger partial charge < -0.3 is 30.3 Å². The molecular weight excluding hydrogens is 478 g/mol. The normalized spacial score (nSPS) is 35.9. The molecule has 208 valence electrons. The summed E-state index contributed by atoms with van der Waals surface area (Å²) in [5, 5.41) is 29.5. The first-order valence-corrected chi connectivity index (χ1v) is 13.8. The van der Waals surface area contributed by atoms with Crippen LogP contribution in [-0.2, 0) is 23.9 Å². The van der Waals surface area contributed by atoms with Crippen LogP contribution in [0.4, 0.5) is 0 Å². The molecule has 0 radical (unpaired) electrons. The highest BCUT2D eigenvalue weighted by Gasteiger charge is 2.87. The summed E-state index contributed by atoms with van der Waals surface area (Å²) in [4.78, 5) is 40.5. The van der Waals surface area contributed by atoms with E-state index in [9.17, 15) is 19.5 Å². The van der Waals surface area contributed by atoms with Crippen molar-refractivity contribution in [3.8, 4) is 0 Å². The number of aliphatic hydroxyl groups excluding tert-OH is 2. The Morgan fingerprint density at radius 1 is 1.16 bits per heavy atom. The Morgan fingerprint density at radius 2 is 1.89 bits per heavy atom. The minimum atomic E-state index is -1.96. The molecule has 6 atom stereocenters. The molecule has 2 saturated carbocycles. The average Bonchev–Trinajstić information content (AvgIpc) is 3.62. The van der Waals surface area contributed by atoms with Gasteiger partial charge in [-0.05, 0) is 70.5 Å². The number of ketones is 2. The number of Topliss-reactive ketones (excluding diaryl/α,β-unsaturated/α-hetero) is 2. The second kappa shape index (κ2) is 12.0. The Kier molecular flexibility index (Phi) is 9.19. The monoisotopic (exact) mass is 521 g/mol. The second-order valence-electron chi connectivity index (χ2n) is 11.1. The van der Waals surface area contributed by atoms with Crippen molar-refractivity contribution in [2.75, 3.05) is 40.1 Å². The summed E-state index contributed by atoms with van der Waals surface area (Å²) < 4.78 is 11.1. The minimum Gasteiger partial charge on any atom is -0.461 e. The zero-order chi connectivity index (χ0) is 26.6. The zero-order valence-electron chi connectivity index (χ0n) is 22.1. The number of epoxide rings is 1. The van der Waals surface area contributed by atoms with E-state index in [0.717, 1.165) is 57.3 Å². The first-order chi connectivity index (χ1) is 17.8. The van der Waals surface area contributed by atoms with E-state index in [0.29, 0.717) is 24.3 Å². The van der Waals surface area contributed by atoms with Crippen LogP contribution in [0.3, 0.4) is 0 Å². The molecule has 2 aliphatic carbocycles. The standard InChI is InChI=1S/C27H43N3O7/c1-17(7-8-18-9-10-29-22(13-18)30-16-28-2)19(15-32)14-26-23(33)20-5-3-4-6-21(20)24(34)27(26,37-26)25(35)36-12-11-31/h18,20-22,28-32H,3-16H2,1-2H3. The van der Waals surface area contributed by atoms with Crippen LogP contribution in [0.25, 0.3) is 0 Å². The lowest BCUT2D eigenvalue weighted by Crippen LogP contribution is -2.58. The third-order valence-corrected chi connectivity index (χ3v) is 8.87. The third kappa shape index (κ3) is 5.29. The predicted molar refractivity (Wildman–Crippen MR) is 135 cm³/mol. The first-order valence-electron chi connectivity index (χ1n) is 13.8. The number of rotatable bonds is 12. The summed E-state index contributed by atoms with van der Waals surface area (Å²) in [6.45, 7) is 2.70. The lowest BCUT2D eigenvalue weighted by molar-refractivity contribution is -0.159. The van der Waals surface area contributed by atoms with Crippen molar-refractivity contribution in [1.29, 1.82) is 0 Å². The fraction of sp³-hybridized carbons (Fsp3) is 0.815. The second-order valence-corrected chi connectivity index (χ2v) is 11.1. The van der Waals surface area contributed by atoms with E-state index in [1.165, 1.54) is 0 Å². The van der Waals surface area contributed by atoms with Gasteiger partial charge in [0, 0.05) is 24.9 Å². The molecule has 0 aromatic heterocycles. The summed E-state index contributed by atoms with van der Waals surface area (Å²) in [7, 11) is 1.90. The van der Waals surface area contributed by atoms with Crippen molar-refractivity contribution in [3.05, 3.63) is 11.1 Å². The highest BCUT2D eigenvalue weighted by Crippen LogP contribution is 2.62. The molecule has 0 aromatic carbocycles. The molecule has 2 heterocycles. The fourth-order valence-electron chi connectivity index (χ4n) is 6.70. The van der Waals surface area contributed by atoms with Gasteiger partial charge in [0.2, 0.25) is 0 Å². The number of carbonyl (C=O) groups is 3. The van der Waals surface area contributed by atoms with Gasteiger partial charge in [0.15, 0.2) is 17.2 Å². The Morgan fingerprint density at radius 3 is 2.57 bits per heavy atom. The number of esters is 1. The lowest BCUT2D eigenvalue weighted by Gasteiger charge is -2.37. The van der Waals surface area contributed by atoms with Crippen molar-refractivity contribution >= 4 is 17.5 Å². The predicted octanol–water partition coefficient (Wildman–Crippen LogP) is 0.559. The van der Waals surface area contributed by atoms with Gasteiger partial charge in [-0.2, -0.15) is 0 Å². The maximum Gasteiger partial charge on any atom is 0.350 e. The maximum absolute atomic E-state index is 13.8. The molecule has 5 N–H and O–H groups in total. The minimum absolute atomic E-state index is 0.00985. The number of aliphatic hydroxyl groups is 2. The molecule has 0 spiro atoms. The molecule has 6 unspecified atom stereocenters. The fourth-order valence-corrected chi connectivity index (χ4v) is 6.70. The van der Waals surface area contributed by atoms with Crippen LogP contribution in [-0.4, -0.2) is 85.2 Å². The number of hydrogen-bond donors (Lipinski definition) is 5. The number of hydrogen-bond acceptors (Lipinski definition) is 10. The van der Waals surface area contributed by atoms with E-state index in [4.69, 9.17) is 14.6 Å². The van der Waals surface area contributed by atoms with Gasteiger partial charge in [-0.3, -0.25) is 14.9 Å². The van der Waals surface area contributed by atoms with Gasteiger partial charge in [0.25, 0.3) is 5.60 Å². The van der Waals surface area contributed by atoms with Crippen molar-refractivity contribution < 1.29 is 34.1 Å². The molecule has 0 aromatic rings. The van der Waals surface area contributed by atoms with Gasteiger partial charge in [-0.25, -0.2) is 4.79 Å². The van der Waals surface area contributed by atoms with E-state index in [1.54, 1.807) is 0 Å². The molecule has 2 aliphatic heterocycles. The molecule has 0 amide bonds. The molecule has 4 fully saturated rings. The summed E-state index contributed by atoms with van der Waals surface area (Å²) >= 11 is 0. The summed E-state index contributed by atoms with van der Waals surface area (Å²) in [5.74, 6) is -1.95. The number of piperidine rings is 1. The van der Waals surface area contributed by atoms with E-state index in [2.05, 4.69) is 16.0 Å². The number of carbonyl (C=O) groups excluding carboxylic acids is 3. The average molecular weight is 522 g/mol. The van der Waals surface area contributed by atoms with Crippen LogP contribution in [0.2, 0.25) is 0 Å². The van der Waals surface area contributed by atoms with Crippen molar-refractivity contribution in [2.24, 2.45) is 17.8 Å². The van der Waals surface area contributed by atoms with Gasteiger partial charge >= 0.3 is 5.97 Å². The summed E-state index contributed by atoms with van der Waals surface area (Å²) in [6, 6.07) is 0. The Balaban J connectivity index is 1.51. The molecule has 37 heavy (non-hydrogen) atoms. The Labute approximate surface area is 218 Å². The van der Waals surface area contributed by atoms with Crippen LogP contribution in [0.1, 0.15) is 64.7 Å². The quantitative estimate of drug-likeness (QED) is 0.0810. The Bertz CT molecular complexity index is 908. The number of fused-ring (bicyclic) bond motifs is 2. The maximum atomic E-state index is 13.8. The van der Waals surface area contributed by atoms with Gasteiger partial charge in [0.1, 0.15) is 6.61 Å². The number of ether oxygens (including phenoxy) is 2. The molecule has 10 nitrogen and oxygen atoms in total. The van der Waals surface area contributed by atoms with E-state index >= 15 is 0 Å². The molecule has 0 bridgehead atoms. The Hall–Kier alpha value is -1.69. The van der Waals surface area contributed by atoms with Crippen LogP contribution < -0.4 is 16.0 Å².